The molecule has 6 nitrogen and oxygen atoms in total. The molecule has 2 aromatic heterocycles. The number of Topliss-reactive ketones (excluding diaryl/α,β-unsaturated/α-hetero) is 1. The van der Waals surface area contributed by atoms with Crippen molar-refractivity contribution >= 4 is 11.6 Å². The summed E-state index contributed by atoms with van der Waals surface area (Å²) < 4.78 is 1.83. The zero-order valence-electron chi connectivity index (χ0n) is 11.3. The second-order valence-corrected chi connectivity index (χ2v) is 4.88. The lowest BCUT2D eigenvalue weighted by Crippen LogP contribution is -2.18. The summed E-state index contributed by atoms with van der Waals surface area (Å²) in [5.74, 6) is 0.870. The van der Waals surface area contributed by atoms with Crippen LogP contribution in [0, 0.1) is 0 Å². The number of aliphatic hydroxyl groups is 1. The topological polar surface area (TPSA) is 71.2 Å². The molecule has 0 spiro atoms. The molecule has 2 aromatic rings. The van der Waals surface area contributed by atoms with Crippen LogP contribution in [-0.2, 0) is 19.6 Å². The zero-order chi connectivity index (χ0) is 14.1. The Balaban J connectivity index is 1.79. The first-order valence-corrected chi connectivity index (χ1v) is 6.55. The molecule has 0 amide bonds. The number of rotatable bonds is 4. The third kappa shape index (κ3) is 2.18. The third-order valence-corrected chi connectivity index (χ3v) is 3.53. The summed E-state index contributed by atoms with van der Waals surface area (Å²) in [5.41, 5.74) is 2.91. The molecule has 0 saturated heterocycles. The number of hydrogen-bond acceptors (Lipinski definition) is 5. The van der Waals surface area contributed by atoms with Crippen molar-refractivity contribution < 1.29 is 9.90 Å². The van der Waals surface area contributed by atoms with Gasteiger partial charge in [0.1, 0.15) is 5.82 Å². The lowest BCUT2D eigenvalue weighted by Gasteiger charge is -2.17. The van der Waals surface area contributed by atoms with Crippen molar-refractivity contribution in [3.63, 3.8) is 0 Å². The minimum absolute atomic E-state index is 0.0207. The molecule has 1 aliphatic heterocycles. The van der Waals surface area contributed by atoms with Crippen molar-refractivity contribution in [3.05, 3.63) is 41.3 Å². The molecule has 0 fully saturated rings. The van der Waals surface area contributed by atoms with Crippen LogP contribution in [0.5, 0.6) is 0 Å². The van der Waals surface area contributed by atoms with E-state index in [4.69, 9.17) is 5.11 Å². The molecule has 20 heavy (non-hydrogen) atoms. The number of pyridine rings is 1. The van der Waals surface area contributed by atoms with Gasteiger partial charge in [-0.1, -0.05) is 0 Å². The molecule has 1 N–H and O–H groups in total. The fourth-order valence-corrected chi connectivity index (χ4v) is 2.44. The van der Waals surface area contributed by atoms with E-state index in [0.717, 1.165) is 30.2 Å². The van der Waals surface area contributed by atoms with Crippen LogP contribution in [-0.4, -0.2) is 32.3 Å². The Morgan fingerprint density at radius 3 is 2.85 bits per heavy atom. The fourth-order valence-electron chi connectivity index (χ4n) is 2.44. The van der Waals surface area contributed by atoms with Crippen LogP contribution in [0.2, 0.25) is 0 Å². The van der Waals surface area contributed by atoms with Gasteiger partial charge < -0.3 is 10.0 Å². The smallest absolute Gasteiger partial charge is 0.161 e. The van der Waals surface area contributed by atoms with Crippen LogP contribution in [0.15, 0.2) is 24.5 Å². The zero-order valence-corrected chi connectivity index (χ0v) is 11.3. The Hall–Kier alpha value is -2.21. The SMILES string of the molecule is CC(=O)c1ccc(N2Cc3cnn(CCO)c3C2)nc1. The lowest BCUT2D eigenvalue weighted by atomic mass is 10.2. The highest BCUT2D eigenvalue weighted by Crippen LogP contribution is 2.26. The molecule has 3 rings (SSSR count). The number of nitrogens with zero attached hydrogens (tertiary/aromatic N) is 4. The summed E-state index contributed by atoms with van der Waals surface area (Å²) in [6.07, 6.45) is 3.45. The second-order valence-electron chi connectivity index (χ2n) is 4.88. The maximum Gasteiger partial charge on any atom is 0.161 e. The lowest BCUT2D eigenvalue weighted by molar-refractivity contribution is 0.101. The van der Waals surface area contributed by atoms with Crippen molar-refractivity contribution in [1.82, 2.24) is 14.8 Å². The molecule has 0 aromatic carbocycles. The Bertz CT molecular complexity index is 633. The first-order valence-electron chi connectivity index (χ1n) is 6.55. The maximum atomic E-state index is 11.2. The molecule has 0 atom stereocenters. The van der Waals surface area contributed by atoms with Crippen molar-refractivity contribution in [2.45, 2.75) is 26.6 Å². The quantitative estimate of drug-likeness (QED) is 0.840. The monoisotopic (exact) mass is 272 g/mol. The standard InChI is InChI=1S/C14H16N4O2/c1-10(20)11-2-3-14(15-6-11)17-8-12-7-16-18(4-5-19)13(12)9-17/h2-3,6-7,19H,4-5,8-9H2,1H3. The van der Waals surface area contributed by atoms with Gasteiger partial charge in [0.15, 0.2) is 5.78 Å². The highest BCUT2D eigenvalue weighted by molar-refractivity contribution is 5.93. The molecule has 3 heterocycles. The van der Waals surface area contributed by atoms with Crippen LogP contribution in [0.25, 0.3) is 0 Å². The van der Waals surface area contributed by atoms with E-state index in [1.165, 1.54) is 6.92 Å². The number of carbonyl (C=O) groups is 1. The van der Waals surface area contributed by atoms with Gasteiger partial charge in [-0.15, -0.1) is 0 Å². The Morgan fingerprint density at radius 2 is 2.20 bits per heavy atom. The minimum atomic E-state index is 0.0207. The van der Waals surface area contributed by atoms with E-state index in [9.17, 15) is 4.79 Å². The minimum Gasteiger partial charge on any atom is -0.394 e. The second kappa shape index (κ2) is 5.05. The normalized spacial score (nSPS) is 13.6. The summed E-state index contributed by atoms with van der Waals surface area (Å²) in [4.78, 5) is 17.7. The highest BCUT2D eigenvalue weighted by Gasteiger charge is 2.24. The average molecular weight is 272 g/mol. The number of fused-ring (bicyclic) bond motifs is 1. The van der Waals surface area contributed by atoms with Crippen LogP contribution in [0.1, 0.15) is 28.5 Å². The van der Waals surface area contributed by atoms with E-state index < -0.39 is 0 Å². The van der Waals surface area contributed by atoms with Gasteiger partial charge in [0.25, 0.3) is 0 Å². The third-order valence-electron chi connectivity index (χ3n) is 3.53. The molecule has 0 aliphatic carbocycles. The molecular formula is C14H16N4O2. The van der Waals surface area contributed by atoms with Crippen LogP contribution in [0.4, 0.5) is 5.82 Å². The van der Waals surface area contributed by atoms with Gasteiger partial charge in [0.2, 0.25) is 0 Å². The van der Waals surface area contributed by atoms with Gasteiger partial charge >= 0.3 is 0 Å². The van der Waals surface area contributed by atoms with Gasteiger partial charge in [-0.3, -0.25) is 9.48 Å². The molecule has 1 aliphatic rings. The van der Waals surface area contributed by atoms with Gasteiger partial charge in [-0.25, -0.2) is 4.98 Å². The Labute approximate surface area is 116 Å². The predicted octanol–water partition coefficient (Wildman–Crippen LogP) is 0.993. The molecule has 0 saturated carbocycles. The highest BCUT2D eigenvalue weighted by atomic mass is 16.3. The molecular weight excluding hydrogens is 256 g/mol. The van der Waals surface area contributed by atoms with E-state index in [0.29, 0.717) is 12.1 Å². The van der Waals surface area contributed by atoms with E-state index in [1.54, 1.807) is 12.3 Å². The molecule has 0 bridgehead atoms. The number of aromatic nitrogens is 3. The predicted molar refractivity (Wildman–Crippen MR) is 73.4 cm³/mol. The largest absolute Gasteiger partial charge is 0.394 e. The number of aliphatic hydroxyl groups excluding tert-OH is 1. The molecule has 104 valence electrons. The molecule has 0 unspecified atom stereocenters. The van der Waals surface area contributed by atoms with Crippen molar-refractivity contribution in [2.24, 2.45) is 0 Å². The van der Waals surface area contributed by atoms with Crippen LogP contribution < -0.4 is 4.90 Å². The number of hydrogen-bond donors (Lipinski definition) is 1. The first-order chi connectivity index (χ1) is 9.69. The molecule has 0 radical (unpaired) electrons. The van der Waals surface area contributed by atoms with E-state index >= 15 is 0 Å². The Morgan fingerprint density at radius 1 is 1.35 bits per heavy atom. The van der Waals surface area contributed by atoms with Gasteiger partial charge in [0.05, 0.1) is 31.6 Å². The van der Waals surface area contributed by atoms with Gasteiger partial charge in [-0.05, 0) is 19.1 Å². The van der Waals surface area contributed by atoms with Crippen LogP contribution in [0.3, 0.4) is 0 Å². The summed E-state index contributed by atoms with van der Waals surface area (Å²) in [6.45, 7) is 3.61. The first kappa shape index (κ1) is 12.8. The summed E-state index contributed by atoms with van der Waals surface area (Å²) in [5, 5.41) is 13.3. The summed E-state index contributed by atoms with van der Waals surface area (Å²) in [7, 11) is 0. The van der Waals surface area contributed by atoms with E-state index in [1.807, 2.05) is 16.9 Å². The summed E-state index contributed by atoms with van der Waals surface area (Å²) in [6, 6.07) is 3.67. The van der Waals surface area contributed by atoms with Gasteiger partial charge in [0, 0.05) is 23.9 Å². The van der Waals surface area contributed by atoms with E-state index in [2.05, 4.69) is 15.0 Å². The van der Waals surface area contributed by atoms with Crippen molar-refractivity contribution in [3.8, 4) is 0 Å². The Kier molecular flexibility index (Phi) is 3.23. The fraction of sp³-hybridized carbons (Fsp3) is 0.357. The van der Waals surface area contributed by atoms with Crippen LogP contribution >= 0.6 is 0 Å². The van der Waals surface area contributed by atoms with Gasteiger partial charge in [-0.2, -0.15) is 5.10 Å². The number of ketones is 1. The maximum absolute atomic E-state index is 11.2. The number of anilines is 1. The van der Waals surface area contributed by atoms with Crippen molar-refractivity contribution in [1.29, 1.82) is 0 Å². The average Bonchev–Trinajstić information content (AvgIpc) is 3.01. The molecule has 6 heteroatoms. The summed E-state index contributed by atoms with van der Waals surface area (Å²) >= 11 is 0. The van der Waals surface area contributed by atoms with E-state index in [-0.39, 0.29) is 12.4 Å². The van der Waals surface area contributed by atoms with Crippen molar-refractivity contribution in [2.75, 3.05) is 11.5 Å². The number of carbonyl (C=O) groups excluding carboxylic acids is 1.